The lowest BCUT2D eigenvalue weighted by atomic mass is 9.86. The molecule has 1 fully saturated rings. The van der Waals surface area contributed by atoms with Gasteiger partial charge in [-0.2, -0.15) is 4.98 Å². The van der Waals surface area contributed by atoms with Crippen molar-refractivity contribution in [3.05, 3.63) is 41.5 Å². The normalized spacial score (nSPS) is 16.3. The summed E-state index contributed by atoms with van der Waals surface area (Å²) in [5.41, 5.74) is 7.00. The summed E-state index contributed by atoms with van der Waals surface area (Å²) in [6.45, 7) is 0.581. The fraction of sp³-hybridized carbons (Fsp3) is 0.500. The summed E-state index contributed by atoms with van der Waals surface area (Å²) in [5, 5.41) is 4.12. The standard InChI is InChI=1S/C16H21N3O2.ClH/c1-20-13-6-4-12(5-7-13)10-14-18-15(21-19-14)16(11-17)8-2-3-9-16;/h4-7H,2-3,8-11,17H2,1H3;1H. The van der Waals surface area contributed by atoms with Gasteiger partial charge in [0.05, 0.1) is 12.5 Å². The van der Waals surface area contributed by atoms with Crippen molar-refractivity contribution in [3.63, 3.8) is 0 Å². The third kappa shape index (κ3) is 3.25. The molecule has 2 aromatic rings. The van der Waals surface area contributed by atoms with Crippen LogP contribution in [-0.2, 0) is 11.8 Å². The smallest absolute Gasteiger partial charge is 0.234 e. The van der Waals surface area contributed by atoms with E-state index in [-0.39, 0.29) is 17.8 Å². The molecular weight excluding hydrogens is 302 g/mol. The summed E-state index contributed by atoms with van der Waals surface area (Å²) in [5.74, 6) is 2.28. The minimum Gasteiger partial charge on any atom is -0.497 e. The van der Waals surface area contributed by atoms with Crippen molar-refractivity contribution in [1.82, 2.24) is 10.1 Å². The number of rotatable bonds is 5. The van der Waals surface area contributed by atoms with Crippen LogP contribution in [0, 0.1) is 0 Å². The van der Waals surface area contributed by atoms with Gasteiger partial charge in [0.1, 0.15) is 5.75 Å². The molecule has 0 unspecified atom stereocenters. The maximum Gasteiger partial charge on any atom is 0.234 e. The summed E-state index contributed by atoms with van der Waals surface area (Å²) < 4.78 is 10.6. The molecule has 0 amide bonds. The Morgan fingerprint density at radius 3 is 2.50 bits per heavy atom. The molecule has 1 aromatic carbocycles. The van der Waals surface area contributed by atoms with Crippen molar-refractivity contribution in [1.29, 1.82) is 0 Å². The monoisotopic (exact) mass is 323 g/mol. The second-order valence-electron chi connectivity index (χ2n) is 5.73. The second kappa shape index (κ2) is 7.11. The summed E-state index contributed by atoms with van der Waals surface area (Å²) in [6.07, 6.45) is 5.14. The van der Waals surface area contributed by atoms with Gasteiger partial charge in [0.25, 0.3) is 0 Å². The maximum atomic E-state index is 5.95. The zero-order valence-corrected chi connectivity index (χ0v) is 13.6. The van der Waals surface area contributed by atoms with E-state index in [9.17, 15) is 0 Å². The van der Waals surface area contributed by atoms with Crippen LogP contribution in [0.25, 0.3) is 0 Å². The molecule has 6 heteroatoms. The Morgan fingerprint density at radius 2 is 1.91 bits per heavy atom. The van der Waals surface area contributed by atoms with E-state index in [4.69, 9.17) is 15.0 Å². The first kappa shape index (κ1) is 16.8. The Hall–Kier alpha value is -1.59. The lowest BCUT2D eigenvalue weighted by Gasteiger charge is -2.21. The Labute approximate surface area is 136 Å². The average molecular weight is 324 g/mol. The zero-order chi connectivity index (χ0) is 14.7. The average Bonchev–Trinajstić information content (AvgIpc) is 3.17. The molecule has 22 heavy (non-hydrogen) atoms. The van der Waals surface area contributed by atoms with Crippen LogP contribution in [0.1, 0.15) is 43.0 Å². The number of nitrogens with zero attached hydrogens (tertiary/aromatic N) is 2. The molecule has 0 radical (unpaired) electrons. The topological polar surface area (TPSA) is 74.2 Å². The highest BCUT2D eigenvalue weighted by Gasteiger charge is 2.39. The predicted octanol–water partition coefficient (Wildman–Crippen LogP) is 2.86. The fourth-order valence-corrected chi connectivity index (χ4v) is 3.02. The van der Waals surface area contributed by atoms with E-state index in [0.29, 0.717) is 18.9 Å². The molecule has 0 atom stereocenters. The van der Waals surface area contributed by atoms with Gasteiger partial charge in [0.2, 0.25) is 5.89 Å². The molecule has 0 bridgehead atoms. The highest BCUT2D eigenvalue weighted by atomic mass is 35.5. The van der Waals surface area contributed by atoms with Crippen molar-refractivity contribution >= 4 is 12.4 Å². The molecule has 120 valence electrons. The van der Waals surface area contributed by atoms with Gasteiger partial charge in [0, 0.05) is 13.0 Å². The van der Waals surface area contributed by atoms with E-state index in [2.05, 4.69) is 10.1 Å². The lowest BCUT2D eigenvalue weighted by molar-refractivity contribution is 0.283. The molecule has 2 N–H and O–H groups in total. The molecule has 1 aliphatic rings. The summed E-state index contributed by atoms with van der Waals surface area (Å²) in [4.78, 5) is 4.58. The van der Waals surface area contributed by atoms with Crippen molar-refractivity contribution in [2.24, 2.45) is 5.73 Å². The molecule has 1 aromatic heterocycles. The van der Waals surface area contributed by atoms with Crippen molar-refractivity contribution < 1.29 is 9.26 Å². The van der Waals surface area contributed by atoms with Crippen LogP contribution >= 0.6 is 12.4 Å². The molecule has 1 aliphatic carbocycles. The molecule has 0 saturated heterocycles. The molecule has 3 rings (SSSR count). The Kier molecular flexibility index (Phi) is 5.42. The van der Waals surface area contributed by atoms with Crippen LogP contribution in [0.3, 0.4) is 0 Å². The molecule has 0 aliphatic heterocycles. The molecule has 1 heterocycles. The first-order valence-electron chi connectivity index (χ1n) is 7.42. The fourth-order valence-electron chi connectivity index (χ4n) is 3.02. The van der Waals surface area contributed by atoms with E-state index >= 15 is 0 Å². The van der Waals surface area contributed by atoms with Crippen molar-refractivity contribution in [2.75, 3.05) is 13.7 Å². The highest BCUT2D eigenvalue weighted by Crippen LogP contribution is 2.39. The number of nitrogens with two attached hydrogens (primary N) is 1. The third-order valence-corrected chi connectivity index (χ3v) is 4.39. The number of ether oxygens (including phenoxy) is 1. The van der Waals surface area contributed by atoms with Crippen LogP contribution in [-0.4, -0.2) is 23.8 Å². The number of hydrogen-bond acceptors (Lipinski definition) is 5. The number of aromatic nitrogens is 2. The SMILES string of the molecule is COc1ccc(Cc2noc(C3(CN)CCCC3)n2)cc1.Cl. The van der Waals surface area contributed by atoms with Crippen LogP contribution in [0.15, 0.2) is 28.8 Å². The predicted molar refractivity (Wildman–Crippen MR) is 86.5 cm³/mol. The summed E-state index contributed by atoms with van der Waals surface area (Å²) in [7, 11) is 1.66. The first-order valence-corrected chi connectivity index (χ1v) is 7.42. The van der Waals surface area contributed by atoms with E-state index in [1.54, 1.807) is 7.11 Å². The van der Waals surface area contributed by atoms with Crippen LogP contribution < -0.4 is 10.5 Å². The van der Waals surface area contributed by atoms with Gasteiger partial charge in [-0.25, -0.2) is 0 Å². The quantitative estimate of drug-likeness (QED) is 0.915. The zero-order valence-electron chi connectivity index (χ0n) is 12.7. The third-order valence-electron chi connectivity index (χ3n) is 4.39. The van der Waals surface area contributed by atoms with E-state index < -0.39 is 0 Å². The summed E-state index contributed by atoms with van der Waals surface area (Å²) >= 11 is 0. The number of benzene rings is 1. The molecule has 1 saturated carbocycles. The molecule has 5 nitrogen and oxygen atoms in total. The number of methoxy groups -OCH3 is 1. The lowest BCUT2D eigenvalue weighted by Crippen LogP contribution is -2.32. The minimum atomic E-state index is -0.0921. The van der Waals surface area contributed by atoms with E-state index in [0.717, 1.165) is 30.0 Å². The second-order valence-corrected chi connectivity index (χ2v) is 5.73. The van der Waals surface area contributed by atoms with Gasteiger partial charge in [-0.1, -0.05) is 30.1 Å². The van der Waals surface area contributed by atoms with Gasteiger partial charge in [-0.3, -0.25) is 0 Å². The first-order chi connectivity index (χ1) is 10.3. The van der Waals surface area contributed by atoms with Gasteiger partial charge in [-0.15, -0.1) is 12.4 Å². The number of halogens is 1. The van der Waals surface area contributed by atoms with Crippen molar-refractivity contribution in [3.8, 4) is 5.75 Å². The van der Waals surface area contributed by atoms with Gasteiger partial charge < -0.3 is 15.0 Å². The van der Waals surface area contributed by atoms with Crippen LogP contribution in [0.2, 0.25) is 0 Å². The highest BCUT2D eigenvalue weighted by molar-refractivity contribution is 5.85. The van der Waals surface area contributed by atoms with Crippen LogP contribution in [0.5, 0.6) is 5.75 Å². The van der Waals surface area contributed by atoms with Gasteiger partial charge >= 0.3 is 0 Å². The van der Waals surface area contributed by atoms with Crippen molar-refractivity contribution in [2.45, 2.75) is 37.5 Å². The largest absolute Gasteiger partial charge is 0.497 e. The Morgan fingerprint density at radius 1 is 1.23 bits per heavy atom. The Balaban J connectivity index is 0.00000176. The van der Waals surface area contributed by atoms with E-state index in [1.807, 2.05) is 24.3 Å². The van der Waals surface area contributed by atoms with Crippen LogP contribution in [0.4, 0.5) is 0 Å². The minimum absolute atomic E-state index is 0. The maximum absolute atomic E-state index is 5.95. The Bertz CT molecular complexity index is 592. The van der Waals surface area contributed by atoms with Gasteiger partial charge in [-0.05, 0) is 30.5 Å². The molecular formula is C16H22ClN3O2. The summed E-state index contributed by atoms with van der Waals surface area (Å²) in [6, 6.07) is 7.91. The molecule has 0 spiro atoms. The number of hydrogen-bond donors (Lipinski definition) is 1. The van der Waals surface area contributed by atoms with E-state index in [1.165, 1.54) is 12.8 Å². The van der Waals surface area contributed by atoms with Gasteiger partial charge in [0.15, 0.2) is 5.82 Å².